The average molecular weight is 246 g/mol. The zero-order chi connectivity index (χ0) is 13.6. The van der Waals surface area contributed by atoms with Crippen LogP contribution < -0.4 is 0 Å². The van der Waals surface area contributed by atoms with Gasteiger partial charge in [0.2, 0.25) is 0 Å². The van der Waals surface area contributed by atoms with Crippen LogP contribution >= 0.6 is 0 Å². The number of ether oxygens (including phenoxy) is 2. The van der Waals surface area contributed by atoms with Crippen LogP contribution in [-0.4, -0.2) is 17.9 Å². The first kappa shape index (κ1) is 14.1. The summed E-state index contributed by atoms with van der Waals surface area (Å²) in [6.45, 7) is 7.07. The molecule has 1 aromatic rings. The maximum atomic E-state index is 11.4. The normalized spacial score (nSPS) is 12.0. The Labute approximate surface area is 108 Å². The lowest BCUT2D eigenvalue weighted by atomic mass is 10.2. The van der Waals surface area contributed by atoms with Gasteiger partial charge in [0.15, 0.2) is 6.10 Å². The molecule has 1 rings (SSSR count). The van der Waals surface area contributed by atoms with E-state index in [9.17, 15) is 4.79 Å². The molecule has 0 aromatic heterocycles. The molecule has 0 radical (unpaired) electrons. The molecule has 1 atom stereocenters. The van der Waals surface area contributed by atoms with Crippen LogP contribution in [0.1, 0.15) is 33.3 Å². The molecule has 0 N–H and O–H groups in total. The van der Waals surface area contributed by atoms with Crippen molar-refractivity contribution in [3.63, 3.8) is 0 Å². The first-order chi connectivity index (χ1) is 8.37. The van der Waals surface area contributed by atoms with Crippen molar-refractivity contribution in [3.8, 4) is 11.8 Å². The van der Waals surface area contributed by atoms with Crippen LogP contribution in [0.4, 0.5) is 4.79 Å². The standard InChI is InChI=1S/C15H18O3/c1-12(17-14(16)18-15(2,3)4)10-11-13-8-6-5-7-9-13/h5-9,12H,1-4H3. The molecule has 0 bridgehead atoms. The Morgan fingerprint density at radius 3 is 2.39 bits per heavy atom. The Kier molecular flexibility index (Phi) is 4.79. The maximum absolute atomic E-state index is 11.4. The van der Waals surface area contributed by atoms with Crippen molar-refractivity contribution in [1.82, 2.24) is 0 Å². The van der Waals surface area contributed by atoms with Gasteiger partial charge >= 0.3 is 6.16 Å². The van der Waals surface area contributed by atoms with E-state index in [1.54, 1.807) is 27.7 Å². The van der Waals surface area contributed by atoms with Gasteiger partial charge in [-0.15, -0.1) is 0 Å². The molecule has 3 heteroatoms. The molecule has 0 saturated carbocycles. The summed E-state index contributed by atoms with van der Waals surface area (Å²) in [5.74, 6) is 5.77. The quantitative estimate of drug-likeness (QED) is 0.563. The third-order valence-electron chi connectivity index (χ3n) is 1.86. The van der Waals surface area contributed by atoms with E-state index in [-0.39, 0.29) is 0 Å². The fourth-order valence-electron chi connectivity index (χ4n) is 1.15. The number of hydrogen-bond acceptors (Lipinski definition) is 3. The van der Waals surface area contributed by atoms with Crippen molar-refractivity contribution >= 4 is 6.16 Å². The fraction of sp³-hybridized carbons (Fsp3) is 0.400. The highest BCUT2D eigenvalue weighted by Crippen LogP contribution is 2.09. The van der Waals surface area contributed by atoms with E-state index in [2.05, 4.69) is 11.8 Å². The minimum absolute atomic E-state index is 0.500. The van der Waals surface area contributed by atoms with Gasteiger partial charge in [0.1, 0.15) is 5.60 Å². The van der Waals surface area contributed by atoms with Gasteiger partial charge in [-0.25, -0.2) is 4.79 Å². The summed E-state index contributed by atoms with van der Waals surface area (Å²) in [6, 6.07) is 9.53. The van der Waals surface area contributed by atoms with Crippen molar-refractivity contribution in [2.24, 2.45) is 0 Å². The van der Waals surface area contributed by atoms with Crippen molar-refractivity contribution in [1.29, 1.82) is 0 Å². The van der Waals surface area contributed by atoms with Crippen LogP contribution in [0.5, 0.6) is 0 Å². The summed E-state index contributed by atoms with van der Waals surface area (Å²) in [5, 5.41) is 0. The number of rotatable bonds is 1. The Balaban J connectivity index is 2.50. The largest absolute Gasteiger partial charge is 0.510 e. The van der Waals surface area contributed by atoms with Gasteiger partial charge in [0.25, 0.3) is 0 Å². The highest BCUT2D eigenvalue weighted by Gasteiger charge is 2.18. The molecule has 0 heterocycles. The Hall–Kier alpha value is -1.95. The third kappa shape index (κ3) is 5.95. The molecule has 18 heavy (non-hydrogen) atoms. The summed E-state index contributed by atoms with van der Waals surface area (Å²) < 4.78 is 10.0. The molecule has 0 aliphatic rings. The van der Waals surface area contributed by atoms with E-state index in [1.165, 1.54) is 0 Å². The number of carbonyl (C=O) groups is 1. The van der Waals surface area contributed by atoms with Gasteiger partial charge in [0.05, 0.1) is 0 Å². The summed E-state index contributed by atoms with van der Waals surface area (Å²) >= 11 is 0. The van der Waals surface area contributed by atoms with Crippen LogP contribution in [0, 0.1) is 11.8 Å². The Bertz CT molecular complexity index is 446. The highest BCUT2D eigenvalue weighted by atomic mass is 16.7. The van der Waals surface area contributed by atoms with E-state index in [1.807, 2.05) is 30.3 Å². The second-order valence-corrected chi connectivity index (χ2v) is 4.86. The molecule has 3 nitrogen and oxygen atoms in total. The molecule has 0 aliphatic carbocycles. The molecule has 0 saturated heterocycles. The van der Waals surface area contributed by atoms with Gasteiger partial charge < -0.3 is 9.47 Å². The van der Waals surface area contributed by atoms with E-state index >= 15 is 0 Å². The molecule has 0 amide bonds. The zero-order valence-electron chi connectivity index (χ0n) is 11.2. The highest BCUT2D eigenvalue weighted by molar-refractivity contribution is 5.61. The molecular formula is C15H18O3. The molecular weight excluding hydrogens is 228 g/mol. The van der Waals surface area contributed by atoms with Gasteiger partial charge in [-0.1, -0.05) is 30.0 Å². The lowest BCUT2D eigenvalue weighted by Gasteiger charge is -2.19. The van der Waals surface area contributed by atoms with Crippen LogP contribution in [0.2, 0.25) is 0 Å². The summed E-state index contributed by atoms with van der Waals surface area (Å²) in [6.07, 6.45) is -1.20. The molecule has 0 fully saturated rings. The van der Waals surface area contributed by atoms with Gasteiger partial charge in [-0.3, -0.25) is 0 Å². The van der Waals surface area contributed by atoms with Crippen molar-refractivity contribution < 1.29 is 14.3 Å². The monoisotopic (exact) mass is 246 g/mol. The zero-order valence-corrected chi connectivity index (χ0v) is 11.2. The SMILES string of the molecule is CC(C#Cc1ccccc1)OC(=O)OC(C)(C)C. The van der Waals surface area contributed by atoms with Crippen molar-refractivity contribution in [3.05, 3.63) is 35.9 Å². The lowest BCUT2D eigenvalue weighted by Crippen LogP contribution is -2.26. The molecule has 0 spiro atoms. The van der Waals surface area contributed by atoms with E-state index in [4.69, 9.17) is 9.47 Å². The summed E-state index contributed by atoms with van der Waals surface area (Å²) in [7, 11) is 0. The maximum Gasteiger partial charge on any atom is 0.510 e. The van der Waals surface area contributed by atoms with Crippen molar-refractivity contribution in [2.45, 2.75) is 39.4 Å². The third-order valence-corrected chi connectivity index (χ3v) is 1.86. The van der Waals surface area contributed by atoms with E-state index in [0.29, 0.717) is 0 Å². The first-order valence-electron chi connectivity index (χ1n) is 5.83. The second-order valence-electron chi connectivity index (χ2n) is 4.86. The fourth-order valence-corrected chi connectivity index (χ4v) is 1.15. The van der Waals surface area contributed by atoms with E-state index in [0.717, 1.165) is 5.56 Å². The van der Waals surface area contributed by atoms with Crippen LogP contribution in [0.25, 0.3) is 0 Å². The first-order valence-corrected chi connectivity index (χ1v) is 5.83. The number of benzene rings is 1. The molecule has 1 aromatic carbocycles. The minimum atomic E-state index is -0.697. The van der Waals surface area contributed by atoms with Gasteiger partial charge in [-0.05, 0) is 39.8 Å². The second kappa shape index (κ2) is 6.11. The predicted octanol–water partition coefficient (Wildman–Crippen LogP) is 3.38. The van der Waals surface area contributed by atoms with Crippen molar-refractivity contribution in [2.75, 3.05) is 0 Å². The molecule has 0 aliphatic heterocycles. The van der Waals surface area contributed by atoms with Crippen LogP contribution in [-0.2, 0) is 9.47 Å². The average Bonchev–Trinajstić information content (AvgIpc) is 2.25. The Morgan fingerprint density at radius 2 is 1.83 bits per heavy atom. The number of carbonyl (C=O) groups excluding carboxylic acids is 1. The Morgan fingerprint density at radius 1 is 1.22 bits per heavy atom. The molecule has 96 valence electrons. The predicted molar refractivity (Wildman–Crippen MR) is 70.1 cm³/mol. The van der Waals surface area contributed by atoms with E-state index < -0.39 is 17.9 Å². The van der Waals surface area contributed by atoms with Crippen LogP contribution in [0.15, 0.2) is 30.3 Å². The topological polar surface area (TPSA) is 35.5 Å². The molecule has 1 unspecified atom stereocenters. The number of hydrogen-bond donors (Lipinski definition) is 0. The van der Waals surface area contributed by atoms with Gasteiger partial charge in [0, 0.05) is 5.56 Å². The lowest BCUT2D eigenvalue weighted by molar-refractivity contribution is -0.0140. The van der Waals surface area contributed by atoms with Crippen LogP contribution in [0.3, 0.4) is 0 Å². The summed E-state index contributed by atoms with van der Waals surface area (Å²) in [5.41, 5.74) is 0.334. The summed E-state index contributed by atoms with van der Waals surface area (Å²) in [4.78, 5) is 11.4. The van der Waals surface area contributed by atoms with Gasteiger partial charge in [-0.2, -0.15) is 0 Å². The minimum Gasteiger partial charge on any atom is -0.429 e. The smallest absolute Gasteiger partial charge is 0.429 e.